The lowest BCUT2D eigenvalue weighted by atomic mass is 9.45. The van der Waals surface area contributed by atoms with Crippen LogP contribution in [0.4, 0.5) is 0 Å². The van der Waals surface area contributed by atoms with Crippen molar-refractivity contribution in [3.8, 4) is 0 Å². The number of ether oxygens (including phenoxy) is 3. The molecule has 2 rings (SSSR count). The summed E-state index contributed by atoms with van der Waals surface area (Å²) in [6.07, 6.45) is 0.591. The third-order valence-corrected chi connectivity index (χ3v) is 7.58. The minimum absolute atomic E-state index is 0.0399. The molecule has 2 saturated carbocycles. The normalized spacial score (nSPS) is 31.8. The molecule has 0 bridgehead atoms. The second kappa shape index (κ2) is 10.4. The van der Waals surface area contributed by atoms with Crippen molar-refractivity contribution in [3.05, 3.63) is 23.8 Å². The first-order chi connectivity index (χ1) is 15.6. The Balaban J connectivity index is 2.52. The van der Waals surface area contributed by atoms with Crippen LogP contribution in [0.5, 0.6) is 0 Å². The highest BCUT2D eigenvalue weighted by atomic mass is 16.6. The summed E-state index contributed by atoms with van der Waals surface area (Å²) < 4.78 is 16.1. The Morgan fingerprint density at radius 1 is 1.12 bits per heavy atom. The molecule has 2 fully saturated rings. The van der Waals surface area contributed by atoms with Crippen molar-refractivity contribution in [2.24, 2.45) is 22.7 Å². The number of ketones is 1. The van der Waals surface area contributed by atoms with E-state index in [1.165, 1.54) is 20.8 Å². The van der Waals surface area contributed by atoms with Gasteiger partial charge in [-0.1, -0.05) is 27.4 Å². The van der Waals surface area contributed by atoms with Gasteiger partial charge in [-0.15, -0.1) is 0 Å². The molecule has 34 heavy (non-hydrogen) atoms. The molecule has 8 nitrogen and oxygen atoms in total. The number of Topliss-reactive ketones (excluding diaryl/α,β-unsaturated/α-hetero) is 1. The number of fused-ring (bicyclic) bond motifs is 1. The van der Waals surface area contributed by atoms with Gasteiger partial charge in [-0.3, -0.25) is 19.2 Å². The molecule has 1 N–H and O–H groups in total. The van der Waals surface area contributed by atoms with Gasteiger partial charge in [-0.2, -0.15) is 0 Å². The van der Waals surface area contributed by atoms with Crippen LogP contribution in [-0.4, -0.2) is 53.7 Å². The van der Waals surface area contributed by atoms with E-state index in [-0.39, 0.29) is 18.3 Å². The van der Waals surface area contributed by atoms with Crippen LogP contribution in [0.2, 0.25) is 0 Å². The van der Waals surface area contributed by atoms with E-state index in [4.69, 9.17) is 14.2 Å². The van der Waals surface area contributed by atoms with Gasteiger partial charge in [-0.25, -0.2) is 0 Å². The lowest BCUT2D eigenvalue weighted by Gasteiger charge is -2.59. The second-order valence-electron chi connectivity index (χ2n) is 10.4. The maximum Gasteiger partial charge on any atom is 0.303 e. The van der Waals surface area contributed by atoms with Gasteiger partial charge in [0.1, 0.15) is 12.7 Å². The molecule has 0 heterocycles. The first-order valence-corrected chi connectivity index (χ1v) is 11.7. The zero-order valence-electron chi connectivity index (χ0n) is 21.3. The highest BCUT2D eigenvalue weighted by Crippen LogP contribution is 2.61. The Morgan fingerprint density at radius 3 is 2.26 bits per heavy atom. The number of carbonyl (C=O) groups is 4. The Labute approximate surface area is 201 Å². The fourth-order valence-corrected chi connectivity index (χ4v) is 5.90. The summed E-state index contributed by atoms with van der Waals surface area (Å²) in [5.74, 6) is -2.67. The van der Waals surface area contributed by atoms with Gasteiger partial charge in [0.2, 0.25) is 0 Å². The van der Waals surface area contributed by atoms with Gasteiger partial charge in [0.15, 0.2) is 11.9 Å². The van der Waals surface area contributed by atoms with Gasteiger partial charge >= 0.3 is 17.9 Å². The van der Waals surface area contributed by atoms with E-state index in [0.717, 1.165) is 0 Å². The summed E-state index contributed by atoms with van der Waals surface area (Å²) in [5, 5.41) is 10.8. The van der Waals surface area contributed by atoms with Crippen LogP contribution in [0.1, 0.15) is 67.7 Å². The van der Waals surface area contributed by atoms with E-state index in [1.54, 1.807) is 13.0 Å². The third kappa shape index (κ3) is 5.59. The predicted molar refractivity (Wildman–Crippen MR) is 124 cm³/mol. The van der Waals surface area contributed by atoms with Crippen molar-refractivity contribution >= 4 is 23.7 Å². The summed E-state index contributed by atoms with van der Waals surface area (Å²) in [4.78, 5) is 48.5. The van der Waals surface area contributed by atoms with Crippen molar-refractivity contribution in [3.63, 3.8) is 0 Å². The maximum atomic E-state index is 13.6. The quantitative estimate of drug-likeness (QED) is 0.337. The number of carbonyl (C=O) groups excluding carboxylic acids is 4. The fourth-order valence-electron chi connectivity index (χ4n) is 5.90. The van der Waals surface area contributed by atoms with Crippen LogP contribution in [0.25, 0.3) is 0 Å². The summed E-state index contributed by atoms with van der Waals surface area (Å²) >= 11 is 0. The highest BCUT2D eigenvalue weighted by molar-refractivity contribution is 5.93. The molecule has 0 spiro atoms. The van der Waals surface area contributed by atoms with Gasteiger partial charge in [0, 0.05) is 32.1 Å². The highest BCUT2D eigenvalue weighted by Gasteiger charge is 2.63. The van der Waals surface area contributed by atoms with Crippen molar-refractivity contribution in [1.82, 2.24) is 0 Å². The van der Waals surface area contributed by atoms with Gasteiger partial charge < -0.3 is 19.3 Å². The van der Waals surface area contributed by atoms with E-state index in [0.29, 0.717) is 30.4 Å². The van der Waals surface area contributed by atoms with Crippen LogP contribution in [0.3, 0.4) is 0 Å². The molecule has 0 aliphatic heterocycles. The molecule has 2 aliphatic carbocycles. The molecule has 0 radical (unpaired) electrons. The van der Waals surface area contributed by atoms with Crippen molar-refractivity contribution in [2.45, 2.75) is 86.0 Å². The molecule has 6 unspecified atom stereocenters. The Bertz CT molecular complexity index is 885. The summed E-state index contributed by atoms with van der Waals surface area (Å²) in [6.45, 7) is 15.6. The number of aliphatic hydroxyl groups excluding tert-OH is 1. The molecule has 0 aromatic carbocycles. The average Bonchev–Trinajstić information content (AvgIpc) is 2.69. The topological polar surface area (TPSA) is 116 Å². The lowest BCUT2D eigenvalue weighted by Crippen LogP contribution is -2.62. The van der Waals surface area contributed by atoms with E-state index in [9.17, 15) is 24.3 Å². The largest absolute Gasteiger partial charge is 0.462 e. The number of hydrogen-bond donors (Lipinski definition) is 1. The first kappa shape index (κ1) is 27.8. The minimum Gasteiger partial charge on any atom is -0.462 e. The zero-order chi connectivity index (χ0) is 26.0. The Morgan fingerprint density at radius 2 is 1.74 bits per heavy atom. The fraction of sp³-hybridized carbons (Fsp3) is 0.692. The number of hydrogen-bond acceptors (Lipinski definition) is 8. The molecule has 8 heteroatoms. The maximum absolute atomic E-state index is 13.6. The van der Waals surface area contributed by atoms with E-state index in [1.807, 2.05) is 20.8 Å². The SMILES string of the molecule is C=C1C(OC(C)=O)C(=O)C2C(C)(C)C(O)CCC2(C)C1CC(OC(C)=O)/C(C)=C/COC(C)=O. The van der Waals surface area contributed by atoms with Crippen LogP contribution in [0.15, 0.2) is 23.8 Å². The number of aliphatic hydroxyl groups is 1. The average molecular weight is 479 g/mol. The van der Waals surface area contributed by atoms with Gasteiger partial charge in [-0.05, 0) is 54.7 Å². The minimum atomic E-state index is -1.13. The van der Waals surface area contributed by atoms with Crippen LogP contribution >= 0.6 is 0 Å². The molecular weight excluding hydrogens is 440 g/mol. The summed E-state index contributed by atoms with van der Waals surface area (Å²) in [7, 11) is 0. The van der Waals surface area contributed by atoms with Crippen molar-refractivity contribution in [2.75, 3.05) is 6.61 Å². The van der Waals surface area contributed by atoms with Crippen molar-refractivity contribution in [1.29, 1.82) is 0 Å². The van der Waals surface area contributed by atoms with Crippen molar-refractivity contribution < 1.29 is 38.5 Å². The smallest absolute Gasteiger partial charge is 0.303 e. The zero-order valence-corrected chi connectivity index (χ0v) is 21.3. The Hall–Kier alpha value is -2.48. The van der Waals surface area contributed by atoms with Gasteiger partial charge in [0.25, 0.3) is 0 Å². The summed E-state index contributed by atoms with van der Waals surface area (Å²) in [6, 6.07) is 0. The number of rotatable bonds is 7. The third-order valence-electron chi connectivity index (χ3n) is 7.58. The van der Waals surface area contributed by atoms with Gasteiger partial charge in [0.05, 0.1) is 6.10 Å². The lowest BCUT2D eigenvalue weighted by molar-refractivity contribution is -0.178. The van der Waals surface area contributed by atoms with Crippen LogP contribution < -0.4 is 0 Å². The number of esters is 3. The first-order valence-electron chi connectivity index (χ1n) is 11.7. The van der Waals surface area contributed by atoms with E-state index in [2.05, 4.69) is 6.58 Å². The van der Waals surface area contributed by atoms with Crippen LogP contribution in [0, 0.1) is 22.7 Å². The summed E-state index contributed by atoms with van der Waals surface area (Å²) in [5.41, 5.74) is -0.183. The molecule has 0 saturated heterocycles. The van der Waals surface area contributed by atoms with Crippen LogP contribution in [-0.2, 0) is 33.4 Å². The second-order valence-corrected chi connectivity index (χ2v) is 10.4. The standard InChI is InChI=1S/C26H38O8/c1-14(10-12-32-16(3)27)20(33-17(4)28)13-19-15(2)23(34-18(5)29)22(31)24-25(6,7)21(30)9-11-26(19,24)8/h10,19-21,23-24,30H,2,9,11-13H2,1,3-8H3/b14-10+. The van der Waals surface area contributed by atoms with E-state index >= 15 is 0 Å². The molecule has 0 amide bonds. The van der Waals surface area contributed by atoms with E-state index < -0.39 is 53.0 Å². The molecule has 190 valence electrons. The molecular formula is C26H38O8. The molecule has 6 atom stereocenters. The molecule has 0 aromatic heterocycles. The molecule has 0 aromatic rings. The monoisotopic (exact) mass is 478 g/mol. The predicted octanol–water partition coefficient (Wildman–Crippen LogP) is 3.31. The Kier molecular flexibility index (Phi) is 8.51. The molecule has 2 aliphatic rings.